The molecule has 0 saturated carbocycles. The van der Waals surface area contributed by atoms with Crippen LogP contribution in [0.15, 0.2) is 29.0 Å². The number of aliphatic imine (C=N–C) groups is 1. The van der Waals surface area contributed by atoms with E-state index in [9.17, 15) is 19.2 Å². The van der Waals surface area contributed by atoms with E-state index in [2.05, 4.69) is 28.3 Å². The maximum atomic E-state index is 13.3. The number of guanidine groups is 1. The summed E-state index contributed by atoms with van der Waals surface area (Å²) in [5, 5.41) is 2.82. The lowest BCUT2D eigenvalue weighted by Crippen LogP contribution is -2.63. The van der Waals surface area contributed by atoms with Gasteiger partial charge in [-0.2, -0.15) is 0 Å². The second-order valence-corrected chi connectivity index (χ2v) is 13.0. The molecule has 5 atom stereocenters. The topological polar surface area (TPSA) is 179 Å². The van der Waals surface area contributed by atoms with E-state index < -0.39 is 18.1 Å². The normalized spacial score (nSPS) is 24.4. The molecule has 250 valence electrons. The molecule has 1 aromatic carbocycles. The largest absolute Gasteiger partial charge is 0.493 e. The zero-order chi connectivity index (χ0) is 33.2. The average Bonchev–Trinajstić information content (AvgIpc) is 3.36. The lowest BCUT2D eigenvalue weighted by molar-refractivity contribution is -0.131. The van der Waals surface area contributed by atoms with Crippen molar-refractivity contribution in [3.05, 3.63) is 35.1 Å². The number of nitrogens with two attached hydrogens (primary N) is 2. The minimum absolute atomic E-state index is 0.0465. The van der Waals surface area contributed by atoms with Gasteiger partial charge in [0, 0.05) is 56.0 Å². The molecule has 5 N–H and O–H groups in total. The van der Waals surface area contributed by atoms with Crippen molar-refractivity contribution in [3.8, 4) is 11.5 Å². The van der Waals surface area contributed by atoms with Crippen LogP contribution in [0.5, 0.6) is 11.5 Å². The maximum Gasteiger partial charge on any atom is 0.414 e. The molecule has 2 heterocycles. The van der Waals surface area contributed by atoms with Gasteiger partial charge in [-0.15, -0.1) is 0 Å². The van der Waals surface area contributed by atoms with Crippen molar-refractivity contribution < 1.29 is 33.4 Å². The SMILES string of the molecule is COc1ccc2c3c1O[C@H]1C(OC(=O)N(C)CCNC(=O)[C@H](CCCN=C(N)N)CC(=O)CC(C)=O)=CC[C@H]4[C@@H](C2)N(C)CC[C@]314. The fraction of sp³-hybridized carbons (Fsp3) is 0.606. The van der Waals surface area contributed by atoms with Gasteiger partial charge < -0.3 is 40.8 Å². The van der Waals surface area contributed by atoms with E-state index in [1.54, 1.807) is 14.2 Å². The van der Waals surface area contributed by atoms with Crippen molar-refractivity contribution in [3.63, 3.8) is 0 Å². The number of hydrogen-bond acceptors (Lipinski definition) is 9. The van der Waals surface area contributed by atoms with Gasteiger partial charge in [-0.1, -0.05) is 6.07 Å². The number of Topliss-reactive ketones (excluding diaryl/α,β-unsaturated/α-hetero) is 2. The van der Waals surface area contributed by atoms with E-state index in [1.807, 2.05) is 12.1 Å². The van der Waals surface area contributed by atoms with E-state index >= 15 is 0 Å². The number of methoxy groups -OCH3 is 1. The molecule has 0 unspecified atom stereocenters. The van der Waals surface area contributed by atoms with E-state index in [-0.39, 0.29) is 54.8 Å². The molecular formula is C33H46N6O7. The molecule has 2 aliphatic carbocycles. The van der Waals surface area contributed by atoms with Gasteiger partial charge in [0.05, 0.1) is 13.5 Å². The molecule has 4 aliphatic rings. The van der Waals surface area contributed by atoms with E-state index in [0.29, 0.717) is 42.9 Å². The molecule has 1 aromatic rings. The van der Waals surface area contributed by atoms with Crippen LogP contribution in [0.4, 0.5) is 4.79 Å². The second kappa shape index (κ2) is 13.7. The summed E-state index contributed by atoms with van der Waals surface area (Å²) in [5.74, 6) is 0.719. The van der Waals surface area contributed by atoms with E-state index in [4.69, 9.17) is 25.7 Å². The zero-order valence-corrected chi connectivity index (χ0v) is 27.2. The van der Waals surface area contributed by atoms with E-state index in [0.717, 1.165) is 31.6 Å². The summed E-state index contributed by atoms with van der Waals surface area (Å²) >= 11 is 0. The second-order valence-electron chi connectivity index (χ2n) is 13.0. The Morgan fingerprint density at radius 2 is 2.04 bits per heavy atom. The highest BCUT2D eigenvalue weighted by atomic mass is 16.6. The fourth-order valence-electron chi connectivity index (χ4n) is 7.82. The Bertz CT molecular complexity index is 1440. The van der Waals surface area contributed by atoms with Crippen LogP contribution in [0, 0.1) is 11.8 Å². The number of rotatable bonds is 14. The Labute approximate surface area is 269 Å². The predicted molar refractivity (Wildman–Crippen MR) is 170 cm³/mol. The molecule has 2 bridgehead atoms. The molecule has 0 radical (unpaired) electrons. The van der Waals surface area contributed by atoms with Gasteiger partial charge in [-0.3, -0.25) is 19.4 Å². The Balaban J connectivity index is 1.21. The van der Waals surface area contributed by atoms with Gasteiger partial charge in [0.15, 0.2) is 23.6 Å². The summed E-state index contributed by atoms with van der Waals surface area (Å²) in [6.07, 6.45) is 4.22. The Kier molecular flexibility index (Phi) is 9.90. The van der Waals surface area contributed by atoms with Gasteiger partial charge >= 0.3 is 6.09 Å². The molecular weight excluding hydrogens is 592 g/mol. The third-order valence-electron chi connectivity index (χ3n) is 9.99. The molecule has 2 amide bonds. The number of likely N-dealkylation sites (tertiary alicyclic amines) is 1. The Hall–Kier alpha value is -4.13. The molecule has 0 aromatic heterocycles. The van der Waals surface area contributed by atoms with Crippen LogP contribution in [0.25, 0.3) is 0 Å². The third kappa shape index (κ3) is 6.42. The molecule has 13 nitrogen and oxygen atoms in total. The van der Waals surface area contributed by atoms with Crippen LogP contribution >= 0.6 is 0 Å². The number of hydrogen-bond donors (Lipinski definition) is 3. The highest BCUT2D eigenvalue weighted by molar-refractivity contribution is 5.99. The number of nitrogens with zero attached hydrogens (tertiary/aromatic N) is 3. The fourth-order valence-corrected chi connectivity index (χ4v) is 7.82. The number of likely N-dealkylation sites (N-methyl/N-ethyl adjacent to an activating group) is 2. The first-order valence-corrected chi connectivity index (χ1v) is 16.0. The summed E-state index contributed by atoms with van der Waals surface area (Å²) in [6, 6.07) is 4.48. The molecule has 2 aliphatic heterocycles. The Morgan fingerprint density at radius 3 is 2.76 bits per heavy atom. The highest BCUT2D eigenvalue weighted by Crippen LogP contribution is 2.63. The molecule has 1 saturated heterocycles. The standard InChI is InChI=1S/C33H46N6O7/c1-19(40)16-22(41)17-21(6-5-12-37-31(34)35)30(42)36-13-15-39(3)32(43)45-26-10-8-23-24-18-20-7-9-25(44-4)28-27(20)33(23,29(26)46-28)11-14-38(24)2/h7,9-10,21,23-24,29H,5-6,8,11-18H2,1-4H3,(H,36,42)(H4,34,35,37)/t21-,23+,24-,29+,33+/m1/s1. The summed E-state index contributed by atoms with van der Waals surface area (Å²) in [5.41, 5.74) is 12.9. The molecule has 1 spiro atoms. The van der Waals surface area contributed by atoms with Gasteiger partial charge in [-0.05, 0) is 76.2 Å². The number of amides is 2. The summed E-state index contributed by atoms with van der Waals surface area (Å²) in [7, 11) is 5.44. The minimum Gasteiger partial charge on any atom is -0.493 e. The van der Waals surface area contributed by atoms with Gasteiger partial charge in [0.2, 0.25) is 5.91 Å². The van der Waals surface area contributed by atoms with Gasteiger partial charge in [0.1, 0.15) is 17.3 Å². The molecule has 46 heavy (non-hydrogen) atoms. The smallest absolute Gasteiger partial charge is 0.414 e. The summed E-state index contributed by atoms with van der Waals surface area (Å²) < 4.78 is 18.4. The van der Waals surface area contributed by atoms with Crippen molar-refractivity contribution in [1.82, 2.24) is 15.1 Å². The summed E-state index contributed by atoms with van der Waals surface area (Å²) in [4.78, 5) is 57.9. The molecule has 1 fully saturated rings. The number of piperidine rings is 1. The van der Waals surface area contributed by atoms with Crippen molar-refractivity contribution in [2.75, 3.05) is 47.4 Å². The molecule has 13 heteroatoms. The minimum atomic E-state index is -0.644. The predicted octanol–water partition coefficient (Wildman–Crippen LogP) is 1.65. The number of carbonyl (C=O) groups is 4. The lowest BCUT2D eigenvalue weighted by Gasteiger charge is -2.56. The quantitative estimate of drug-likeness (QED) is 0.117. The number of allylic oxidation sites excluding steroid dienone is 1. The number of ether oxygens (including phenoxy) is 3. The number of benzene rings is 1. The lowest BCUT2D eigenvalue weighted by atomic mass is 9.53. The van der Waals surface area contributed by atoms with Gasteiger partial charge in [0.25, 0.3) is 0 Å². The number of ketones is 2. The third-order valence-corrected chi connectivity index (χ3v) is 9.99. The maximum absolute atomic E-state index is 13.3. The van der Waals surface area contributed by atoms with Crippen LogP contribution in [0.3, 0.4) is 0 Å². The van der Waals surface area contributed by atoms with Gasteiger partial charge in [-0.25, -0.2) is 4.79 Å². The number of carbonyl (C=O) groups excluding carboxylic acids is 4. The van der Waals surface area contributed by atoms with Crippen LogP contribution in [0.2, 0.25) is 0 Å². The van der Waals surface area contributed by atoms with Crippen molar-refractivity contribution >= 4 is 29.5 Å². The van der Waals surface area contributed by atoms with Crippen LogP contribution < -0.4 is 26.3 Å². The first-order valence-electron chi connectivity index (χ1n) is 16.0. The highest BCUT2D eigenvalue weighted by Gasteiger charge is 2.64. The first kappa shape index (κ1) is 33.2. The van der Waals surface area contributed by atoms with Crippen LogP contribution in [-0.2, 0) is 31.0 Å². The van der Waals surface area contributed by atoms with Crippen molar-refractivity contribution in [2.24, 2.45) is 28.3 Å². The van der Waals surface area contributed by atoms with Crippen molar-refractivity contribution in [1.29, 1.82) is 0 Å². The summed E-state index contributed by atoms with van der Waals surface area (Å²) in [6.45, 7) is 2.92. The molecule has 5 rings (SSSR count). The number of nitrogens with one attached hydrogen (secondary N) is 1. The monoisotopic (exact) mass is 638 g/mol. The average molecular weight is 639 g/mol. The Morgan fingerprint density at radius 1 is 1.26 bits per heavy atom. The van der Waals surface area contributed by atoms with Crippen molar-refractivity contribution in [2.45, 2.75) is 69.4 Å². The van der Waals surface area contributed by atoms with E-state index in [1.165, 1.54) is 23.0 Å². The zero-order valence-electron chi connectivity index (χ0n) is 27.2. The van der Waals surface area contributed by atoms with Crippen LogP contribution in [-0.4, -0.2) is 98.9 Å². The first-order chi connectivity index (χ1) is 22.0. The van der Waals surface area contributed by atoms with Crippen LogP contribution in [0.1, 0.15) is 56.6 Å².